The molecule has 3 aromatic carbocycles. The Bertz CT molecular complexity index is 1860. The number of hydrogen-bond acceptors (Lipinski definition) is 7. The van der Waals surface area contributed by atoms with Gasteiger partial charge in [0, 0.05) is 51.6 Å². The van der Waals surface area contributed by atoms with E-state index in [-0.39, 0.29) is 22.9 Å². The smallest absolute Gasteiger partial charge is 0.335 e. The minimum atomic E-state index is -4.17. The molecule has 1 aliphatic rings. The molecule has 0 saturated carbocycles. The zero-order valence-electron chi connectivity index (χ0n) is 25.6. The Kier molecular flexibility index (Phi) is 9.35. The van der Waals surface area contributed by atoms with Crippen LogP contribution in [0.5, 0.6) is 0 Å². The number of amides is 2. The van der Waals surface area contributed by atoms with Crippen LogP contribution < -0.4 is 4.72 Å². The Morgan fingerprint density at radius 3 is 2.31 bits per heavy atom. The highest BCUT2D eigenvalue weighted by molar-refractivity contribution is 7.90. The van der Waals surface area contributed by atoms with Gasteiger partial charge >= 0.3 is 5.97 Å². The van der Waals surface area contributed by atoms with Crippen LogP contribution in [0.15, 0.2) is 65.6 Å². The number of carbonyl (C=O) groups excluding carboxylic acids is 2. The largest absolute Gasteiger partial charge is 0.478 e. The highest BCUT2D eigenvalue weighted by Crippen LogP contribution is 2.29. The predicted octanol–water partition coefficient (Wildman–Crippen LogP) is 3.68. The van der Waals surface area contributed by atoms with Crippen LogP contribution in [0.4, 0.5) is 0 Å². The SMILES string of the molecule is CCCc1nc2c(C)cc(C(=O)O)cc2n1Cc1ccc(-c2ccccc2S(=O)(=O)NC(=O)CN2CCN(C(C)=O)CC2)cc1. The molecule has 0 atom stereocenters. The average Bonchev–Trinajstić information content (AvgIpc) is 3.35. The van der Waals surface area contributed by atoms with Gasteiger partial charge in [0.25, 0.3) is 10.0 Å². The van der Waals surface area contributed by atoms with Crippen molar-refractivity contribution in [3.8, 4) is 11.1 Å². The van der Waals surface area contributed by atoms with Crippen molar-refractivity contribution in [3.05, 3.63) is 83.2 Å². The summed E-state index contributed by atoms with van der Waals surface area (Å²) in [6.45, 7) is 7.78. The van der Waals surface area contributed by atoms with E-state index in [4.69, 9.17) is 4.98 Å². The van der Waals surface area contributed by atoms with Gasteiger partial charge in [0.05, 0.1) is 28.0 Å². The lowest BCUT2D eigenvalue weighted by Gasteiger charge is -2.33. The Labute approximate surface area is 262 Å². The van der Waals surface area contributed by atoms with Crippen LogP contribution >= 0.6 is 0 Å². The molecular formula is C33H37N5O6S. The van der Waals surface area contributed by atoms with Crippen LogP contribution in [0.2, 0.25) is 0 Å². The molecule has 11 nitrogen and oxygen atoms in total. The van der Waals surface area contributed by atoms with E-state index >= 15 is 0 Å². The molecule has 45 heavy (non-hydrogen) atoms. The first-order valence-electron chi connectivity index (χ1n) is 14.9. The summed E-state index contributed by atoms with van der Waals surface area (Å²) in [4.78, 5) is 44.4. The van der Waals surface area contributed by atoms with Crippen LogP contribution in [0.25, 0.3) is 22.2 Å². The molecule has 0 spiro atoms. The first-order chi connectivity index (χ1) is 21.5. The Hall–Kier alpha value is -4.55. The van der Waals surface area contributed by atoms with Crippen LogP contribution in [0.1, 0.15) is 47.6 Å². The van der Waals surface area contributed by atoms with Gasteiger partial charge in [-0.05, 0) is 48.2 Å². The van der Waals surface area contributed by atoms with Gasteiger partial charge in [0.2, 0.25) is 11.8 Å². The topological polar surface area (TPSA) is 142 Å². The van der Waals surface area contributed by atoms with Gasteiger partial charge in [-0.3, -0.25) is 14.5 Å². The normalized spacial score (nSPS) is 14.1. The third-order valence-corrected chi connectivity index (χ3v) is 9.49. The molecule has 2 heterocycles. The summed E-state index contributed by atoms with van der Waals surface area (Å²) in [5, 5.41) is 9.62. The van der Waals surface area contributed by atoms with Gasteiger partial charge in [0.15, 0.2) is 0 Å². The molecule has 1 aromatic heterocycles. The molecule has 4 aromatic rings. The van der Waals surface area contributed by atoms with E-state index in [1.165, 1.54) is 13.0 Å². The van der Waals surface area contributed by atoms with Crippen molar-refractivity contribution in [1.29, 1.82) is 0 Å². The van der Waals surface area contributed by atoms with E-state index in [2.05, 4.69) is 11.6 Å². The number of aromatic nitrogens is 2. The van der Waals surface area contributed by atoms with Gasteiger partial charge in [-0.25, -0.2) is 22.9 Å². The van der Waals surface area contributed by atoms with Crippen LogP contribution in [0.3, 0.4) is 0 Å². The Morgan fingerprint density at radius 1 is 0.978 bits per heavy atom. The van der Waals surface area contributed by atoms with Gasteiger partial charge in [-0.15, -0.1) is 0 Å². The number of carboxylic acids is 1. The fraction of sp³-hybridized carbons (Fsp3) is 0.333. The van der Waals surface area contributed by atoms with Crippen molar-refractivity contribution in [2.24, 2.45) is 0 Å². The zero-order valence-corrected chi connectivity index (χ0v) is 26.4. The fourth-order valence-corrected chi connectivity index (χ4v) is 6.94. The van der Waals surface area contributed by atoms with Gasteiger partial charge in [-0.2, -0.15) is 0 Å². The predicted molar refractivity (Wildman–Crippen MR) is 170 cm³/mol. The second-order valence-corrected chi connectivity index (χ2v) is 13.0. The second-order valence-electron chi connectivity index (χ2n) is 11.3. The van der Waals surface area contributed by atoms with Crippen molar-refractivity contribution >= 4 is 38.8 Å². The maximum atomic E-state index is 13.4. The summed E-state index contributed by atoms with van der Waals surface area (Å²) in [6.07, 6.45) is 1.62. The lowest BCUT2D eigenvalue weighted by Crippen LogP contribution is -2.51. The highest BCUT2D eigenvalue weighted by Gasteiger charge is 2.25. The number of piperazine rings is 1. The number of carboxylic acid groups (broad SMARTS) is 1. The van der Waals surface area contributed by atoms with Gasteiger partial charge < -0.3 is 14.6 Å². The monoisotopic (exact) mass is 631 g/mol. The third kappa shape index (κ3) is 7.07. The molecule has 0 radical (unpaired) electrons. The molecule has 12 heteroatoms. The van der Waals surface area contributed by atoms with Gasteiger partial charge in [0.1, 0.15) is 5.82 Å². The summed E-state index contributed by atoms with van der Waals surface area (Å²) >= 11 is 0. The zero-order chi connectivity index (χ0) is 32.3. The van der Waals surface area contributed by atoms with Crippen LogP contribution in [-0.4, -0.2) is 83.4 Å². The van der Waals surface area contributed by atoms with Crippen molar-refractivity contribution in [1.82, 2.24) is 24.1 Å². The number of aryl methyl sites for hydroxylation is 2. The first kappa shape index (κ1) is 31.9. The van der Waals surface area contributed by atoms with Gasteiger partial charge in [-0.1, -0.05) is 49.4 Å². The standard InChI is InChI=1S/C33H37N5O6S/c1-4-7-30-34-32-22(2)18-26(33(41)42)19-28(32)38(30)20-24-10-12-25(13-11-24)27-8-5-6-9-29(27)45(43,44)35-31(40)21-36-14-16-37(17-15-36)23(3)39/h5-6,8-13,18-19H,4,7,14-17,20-21H2,1-3H3,(H,35,40)(H,41,42). The van der Waals surface area contributed by atoms with Crippen molar-refractivity contribution in [2.75, 3.05) is 32.7 Å². The molecule has 5 rings (SSSR count). The van der Waals surface area contributed by atoms with Crippen molar-refractivity contribution in [3.63, 3.8) is 0 Å². The maximum Gasteiger partial charge on any atom is 0.335 e. The molecule has 2 N–H and O–H groups in total. The molecule has 0 unspecified atom stereocenters. The Balaban J connectivity index is 1.35. The Morgan fingerprint density at radius 2 is 1.67 bits per heavy atom. The minimum absolute atomic E-state index is 0.00462. The number of benzene rings is 3. The molecule has 0 bridgehead atoms. The van der Waals surface area contributed by atoms with E-state index in [9.17, 15) is 27.9 Å². The summed E-state index contributed by atoms with van der Waals surface area (Å²) in [5.74, 6) is -0.776. The molecule has 2 amide bonds. The minimum Gasteiger partial charge on any atom is -0.478 e. The lowest BCUT2D eigenvalue weighted by atomic mass is 10.0. The summed E-state index contributed by atoms with van der Waals surface area (Å²) in [5.41, 5.74) is 4.61. The first-order valence-corrected chi connectivity index (χ1v) is 16.4. The number of carbonyl (C=O) groups is 3. The number of nitrogens with zero attached hydrogens (tertiary/aromatic N) is 4. The number of imidazole rings is 1. The van der Waals surface area contributed by atoms with E-state index < -0.39 is 21.9 Å². The van der Waals surface area contributed by atoms with Crippen molar-refractivity contribution < 1.29 is 27.9 Å². The van der Waals surface area contributed by atoms with E-state index in [1.54, 1.807) is 35.2 Å². The van der Waals surface area contributed by atoms with Crippen LogP contribution in [0, 0.1) is 6.92 Å². The van der Waals surface area contributed by atoms with E-state index in [0.29, 0.717) is 43.9 Å². The molecule has 1 aliphatic heterocycles. The summed E-state index contributed by atoms with van der Waals surface area (Å²) in [7, 11) is -4.17. The number of rotatable bonds is 10. The van der Waals surface area contributed by atoms with E-state index in [1.807, 2.05) is 40.7 Å². The lowest BCUT2D eigenvalue weighted by molar-refractivity contribution is -0.130. The molecule has 1 fully saturated rings. The highest BCUT2D eigenvalue weighted by atomic mass is 32.2. The summed E-state index contributed by atoms with van der Waals surface area (Å²) in [6, 6.07) is 17.3. The fourth-order valence-electron chi connectivity index (χ4n) is 5.73. The third-order valence-electron chi connectivity index (χ3n) is 8.06. The quantitative estimate of drug-likeness (QED) is 0.270. The number of nitrogens with one attached hydrogen (secondary N) is 1. The number of hydrogen-bond donors (Lipinski definition) is 2. The number of sulfonamides is 1. The summed E-state index contributed by atoms with van der Waals surface area (Å²) < 4.78 is 31.0. The number of aromatic carboxylic acids is 1. The molecular weight excluding hydrogens is 594 g/mol. The van der Waals surface area contributed by atoms with E-state index in [0.717, 1.165) is 40.8 Å². The second kappa shape index (κ2) is 13.2. The van der Waals surface area contributed by atoms with Crippen LogP contribution in [-0.2, 0) is 32.6 Å². The molecule has 236 valence electrons. The van der Waals surface area contributed by atoms with Crippen molar-refractivity contribution in [2.45, 2.75) is 45.1 Å². The average molecular weight is 632 g/mol. The molecule has 1 saturated heterocycles. The molecule has 0 aliphatic carbocycles. The maximum absolute atomic E-state index is 13.4. The number of fused-ring (bicyclic) bond motifs is 1.